The fraction of sp³-hybridized carbons (Fsp3) is 0. The van der Waals surface area contributed by atoms with E-state index in [0.29, 0.717) is 0 Å². The number of amides is 1. The van der Waals surface area contributed by atoms with E-state index in [2.05, 4.69) is 0 Å². The number of nitrogens with two attached hydrogens (primary N) is 2. The van der Waals surface area contributed by atoms with Crippen LogP contribution in [0.1, 0.15) is 15.9 Å². The third-order valence-corrected chi connectivity index (χ3v) is 1.55. The molecule has 0 saturated heterocycles. The number of anilines is 1. The first kappa shape index (κ1) is 8.87. The summed E-state index contributed by atoms with van der Waals surface area (Å²) in [4.78, 5) is 10.7. The van der Waals surface area contributed by atoms with Crippen LogP contribution in [-0.2, 0) is 0 Å². The molecule has 0 saturated carbocycles. The summed E-state index contributed by atoms with van der Waals surface area (Å²) in [6.07, 6.45) is 0. The lowest BCUT2D eigenvalue weighted by molar-refractivity contribution is 0.0998. The Balaban J connectivity index is 3.41. The Hall–Kier alpha value is -2.22. The first-order valence-electron chi connectivity index (χ1n) is 3.38. The predicted molar refractivity (Wildman–Crippen MR) is 45.8 cm³/mol. The van der Waals surface area contributed by atoms with Crippen LogP contribution in [0.3, 0.4) is 0 Å². The van der Waals surface area contributed by atoms with Crippen molar-refractivity contribution in [2.75, 3.05) is 5.73 Å². The number of rotatable bonds is 1. The molecule has 5 N–H and O–H groups in total. The van der Waals surface area contributed by atoms with Gasteiger partial charge < -0.3 is 16.6 Å². The van der Waals surface area contributed by atoms with Crippen molar-refractivity contribution < 1.29 is 9.90 Å². The van der Waals surface area contributed by atoms with Gasteiger partial charge in [-0.25, -0.2) is 0 Å². The van der Waals surface area contributed by atoms with Crippen molar-refractivity contribution in [3.8, 4) is 11.8 Å². The van der Waals surface area contributed by atoms with Gasteiger partial charge in [-0.1, -0.05) is 0 Å². The van der Waals surface area contributed by atoms with Crippen molar-refractivity contribution in [3.05, 3.63) is 23.3 Å². The van der Waals surface area contributed by atoms with E-state index in [1.807, 2.05) is 0 Å². The summed E-state index contributed by atoms with van der Waals surface area (Å²) in [6.45, 7) is 0. The minimum absolute atomic E-state index is 0.106. The summed E-state index contributed by atoms with van der Waals surface area (Å²) in [7, 11) is 0. The third kappa shape index (κ3) is 1.51. The van der Waals surface area contributed by atoms with Gasteiger partial charge in [0.05, 0.1) is 16.8 Å². The number of aromatic hydroxyl groups is 1. The second kappa shape index (κ2) is 3.03. The maximum Gasteiger partial charge on any atom is 0.252 e. The standard InChI is InChI=1S/C8H7N3O2/c9-3-4-1-5(8(11)13)7(12)2-6(4)10/h1-2,12H,10H2,(H2,11,13). The monoisotopic (exact) mass is 177 g/mol. The molecule has 5 heteroatoms. The lowest BCUT2D eigenvalue weighted by Gasteiger charge is -2.02. The van der Waals surface area contributed by atoms with Gasteiger partial charge in [0.25, 0.3) is 5.91 Å². The minimum Gasteiger partial charge on any atom is -0.507 e. The normalized spacial score (nSPS) is 9.15. The molecule has 0 atom stereocenters. The van der Waals surface area contributed by atoms with Crippen LogP contribution < -0.4 is 11.5 Å². The van der Waals surface area contributed by atoms with Gasteiger partial charge in [-0.3, -0.25) is 4.79 Å². The number of carbonyl (C=O) groups excluding carboxylic acids is 1. The second-order valence-electron chi connectivity index (χ2n) is 2.43. The van der Waals surface area contributed by atoms with Crippen LogP contribution in [0.4, 0.5) is 5.69 Å². The average molecular weight is 177 g/mol. The molecule has 0 fully saturated rings. The van der Waals surface area contributed by atoms with Gasteiger partial charge in [-0.05, 0) is 6.07 Å². The quantitative estimate of drug-likeness (QED) is 0.521. The third-order valence-electron chi connectivity index (χ3n) is 1.55. The summed E-state index contributed by atoms with van der Waals surface area (Å²) in [5.41, 5.74) is 10.4. The maximum atomic E-state index is 10.7. The molecular formula is C8H7N3O2. The Morgan fingerprint density at radius 1 is 1.54 bits per heavy atom. The summed E-state index contributed by atoms with van der Waals surface area (Å²) in [5, 5.41) is 17.7. The Labute approximate surface area is 74.2 Å². The highest BCUT2D eigenvalue weighted by molar-refractivity contribution is 5.96. The topological polar surface area (TPSA) is 113 Å². The molecule has 0 aliphatic carbocycles. The zero-order chi connectivity index (χ0) is 10.0. The van der Waals surface area contributed by atoms with E-state index in [4.69, 9.17) is 16.7 Å². The van der Waals surface area contributed by atoms with Gasteiger partial charge in [0.15, 0.2) is 0 Å². The lowest BCUT2D eigenvalue weighted by Crippen LogP contribution is -2.11. The molecule has 0 aliphatic rings. The van der Waals surface area contributed by atoms with Crippen LogP contribution in [0.25, 0.3) is 0 Å². The molecule has 0 spiro atoms. The number of nitriles is 1. The van der Waals surface area contributed by atoms with E-state index < -0.39 is 5.91 Å². The number of hydrogen-bond acceptors (Lipinski definition) is 4. The number of carbonyl (C=O) groups is 1. The van der Waals surface area contributed by atoms with Crippen molar-refractivity contribution in [1.29, 1.82) is 5.26 Å². The number of nitrogen functional groups attached to an aromatic ring is 1. The Kier molecular flexibility index (Phi) is 2.07. The molecule has 5 nitrogen and oxygen atoms in total. The fourth-order valence-corrected chi connectivity index (χ4v) is 0.899. The number of hydrogen-bond donors (Lipinski definition) is 3. The molecule has 0 aromatic heterocycles. The Bertz CT molecular complexity index is 407. The molecule has 0 unspecified atom stereocenters. The highest BCUT2D eigenvalue weighted by atomic mass is 16.3. The van der Waals surface area contributed by atoms with E-state index in [1.165, 1.54) is 0 Å². The van der Waals surface area contributed by atoms with Gasteiger partial charge in [-0.15, -0.1) is 0 Å². The number of phenols is 1. The van der Waals surface area contributed by atoms with Gasteiger partial charge in [0, 0.05) is 6.07 Å². The highest BCUT2D eigenvalue weighted by Gasteiger charge is 2.10. The summed E-state index contributed by atoms with van der Waals surface area (Å²) < 4.78 is 0. The Morgan fingerprint density at radius 2 is 2.15 bits per heavy atom. The van der Waals surface area contributed by atoms with E-state index in [9.17, 15) is 9.90 Å². The van der Waals surface area contributed by atoms with Gasteiger partial charge in [-0.2, -0.15) is 5.26 Å². The lowest BCUT2D eigenvalue weighted by atomic mass is 10.1. The fourth-order valence-electron chi connectivity index (χ4n) is 0.899. The zero-order valence-corrected chi connectivity index (χ0v) is 6.61. The molecular weight excluding hydrogens is 170 g/mol. The van der Waals surface area contributed by atoms with E-state index >= 15 is 0 Å². The number of nitrogens with zero attached hydrogens (tertiary/aromatic N) is 1. The van der Waals surface area contributed by atoms with Gasteiger partial charge in [0.1, 0.15) is 11.8 Å². The second-order valence-corrected chi connectivity index (χ2v) is 2.43. The molecule has 0 bridgehead atoms. The smallest absolute Gasteiger partial charge is 0.252 e. The molecule has 0 radical (unpaired) electrons. The van der Waals surface area contributed by atoms with Crippen LogP contribution in [-0.4, -0.2) is 11.0 Å². The van der Waals surface area contributed by atoms with E-state index in [0.717, 1.165) is 12.1 Å². The van der Waals surface area contributed by atoms with Crippen molar-refractivity contribution in [1.82, 2.24) is 0 Å². The number of primary amides is 1. The van der Waals surface area contributed by atoms with Crippen molar-refractivity contribution in [3.63, 3.8) is 0 Å². The molecule has 1 aromatic rings. The molecule has 0 heterocycles. The largest absolute Gasteiger partial charge is 0.507 e. The van der Waals surface area contributed by atoms with Gasteiger partial charge in [0.2, 0.25) is 0 Å². The van der Waals surface area contributed by atoms with Crippen molar-refractivity contribution in [2.24, 2.45) is 5.73 Å². The first-order chi connectivity index (χ1) is 6.06. The van der Waals surface area contributed by atoms with Crippen LogP contribution in [0.15, 0.2) is 12.1 Å². The van der Waals surface area contributed by atoms with Crippen LogP contribution in [0.5, 0.6) is 5.75 Å². The highest BCUT2D eigenvalue weighted by Crippen LogP contribution is 2.23. The zero-order valence-electron chi connectivity index (χ0n) is 6.61. The van der Waals surface area contributed by atoms with Gasteiger partial charge >= 0.3 is 0 Å². The Morgan fingerprint density at radius 3 is 2.62 bits per heavy atom. The van der Waals surface area contributed by atoms with Crippen molar-refractivity contribution >= 4 is 11.6 Å². The van der Waals surface area contributed by atoms with E-state index in [1.54, 1.807) is 6.07 Å². The molecule has 1 amide bonds. The van der Waals surface area contributed by atoms with Crippen LogP contribution >= 0.6 is 0 Å². The van der Waals surface area contributed by atoms with Crippen LogP contribution in [0, 0.1) is 11.3 Å². The maximum absolute atomic E-state index is 10.7. The summed E-state index contributed by atoms with van der Waals surface area (Å²) >= 11 is 0. The SMILES string of the molecule is N#Cc1cc(C(N)=O)c(O)cc1N. The van der Waals surface area contributed by atoms with Crippen LogP contribution in [0.2, 0.25) is 0 Å². The molecule has 1 rings (SSSR count). The minimum atomic E-state index is -0.797. The van der Waals surface area contributed by atoms with Crippen molar-refractivity contribution in [2.45, 2.75) is 0 Å². The summed E-state index contributed by atoms with van der Waals surface area (Å²) in [5.74, 6) is -1.11. The molecule has 66 valence electrons. The average Bonchev–Trinajstić information content (AvgIpc) is 2.03. The number of benzene rings is 1. The first-order valence-corrected chi connectivity index (χ1v) is 3.38. The molecule has 1 aromatic carbocycles. The molecule has 0 aliphatic heterocycles. The summed E-state index contributed by atoms with van der Waals surface area (Å²) in [6, 6.07) is 4.06. The van der Waals surface area contributed by atoms with E-state index in [-0.39, 0.29) is 22.6 Å². The molecule has 13 heavy (non-hydrogen) atoms. The predicted octanol–water partition coefficient (Wildman–Crippen LogP) is -0.0550.